The minimum atomic E-state index is -0.0417. The number of thioether (sulfide) groups is 1. The van der Waals surface area contributed by atoms with Crippen LogP contribution in [0, 0.1) is 20.8 Å². The van der Waals surface area contributed by atoms with Gasteiger partial charge in [0.2, 0.25) is 5.91 Å². The lowest BCUT2D eigenvalue weighted by molar-refractivity contribution is -0.115. The van der Waals surface area contributed by atoms with E-state index >= 15 is 0 Å². The van der Waals surface area contributed by atoms with Gasteiger partial charge in [-0.15, -0.1) is 11.3 Å². The van der Waals surface area contributed by atoms with Crippen LogP contribution in [0.2, 0.25) is 0 Å². The number of carbonyl (C=O) groups is 1. The number of aromatic nitrogens is 3. The zero-order valence-electron chi connectivity index (χ0n) is 19.6. The molecule has 6 nitrogen and oxygen atoms in total. The number of thiazole rings is 1. The lowest BCUT2D eigenvalue weighted by Gasteiger charge is -2.23. The minimum Gasteiger partial charge on any atom is -0.383 e. The third kappa shape index (κ3) is 4.98. The van der Waals surface area contributed by atoms with Gasteiger partial charge in [-0.3, -0.25) is 9.69 Å². The average molecular weight is 481 g/mol. The number of anilines is 2. The van der Waals surface area contributed by atoms with Crippen molar-refractivity contribution >= 4 is 50.9 Å². The maximum atomic E-state index is 12.6. The molecule has 33 heavy (non-hydrogen) atoms. The van der Waals surface area contributed by atoms with Crippen LogP contribution >= 0.6 is 23.1 Å². The first-order chi connectivity index (χ1) is 15.9. The molecule has 0 saturated carbocycles. The number of amides is 1. The quantitative estimate of drug-likeness (QED) is 0.288. The van der Waals surface area contributed by atoms with Crippen LogP contribution in [0.25, 0.3) is 11.0 Å². The molecule has 0 aliphatic carbocycles. The maximum Gasteiger partial charge on any atom is 0.230 e. The molecule has 0 aliphatic rings. The smallest absolute Gasteiger partial charge is 0.230 e. The molecule has 2 aromatic heterocycles. The molecular formula is C25H28N4O2S2. The summed E-state index contributed by atoms with van der Waals surface area (Å²) >= 11 is 3.14. The molecule has 1 amide bonds. The second-order valence-corrected chi connectivity index (χ2v) is 9.82. The number of hydrogen-bond acceptors (Lipinski definition) is 6. The molecular weight excluding hydrogens is 452 g/mol. The van der Waals surface area contributed by atoms with Crippen molar-refractivity contribution in [1.82, 2.24) is 14.5 Å². The van der Waals surface area contributed by atoms with Crippen LogP contribution in [0.4, 0.5) is 10.8 Å². The van der Waals surface area contributed by atoms with E-state index < -0.39 is 0 Å². The van der Waals surface area contributed by atoms with Gasteiger partial charge in [0.15, 0.2) is 10.3 Å². The van der Waals surface area contributed by atoms with Gasteiger partial charge in [-0.25, -0.2) is 9.97 Å². The van der Waals surface area contributed by atoms with Crippen LogP contribution in [0.1, 0.15) is 29.3 Å². The molecule has 0 fully saturated rings. The topological polar surface area (TPSA) is 60.2 Å². The first-order valence-electron chi connectivity index (χ1n) is 10.8. The summed E-state index contributed by atoms with van der Waals surface area (Å²) in [7, 11) is 1.71. The number of carbonyl (C=O) groups excluding carboxylic acids is 1. The summed E-state index contributed by atoms with van der Waals surface area (Å²) in [6.07, 6.45) is 0. The number of aryl methyl sites for hydroxylation is 3. The third-order valence-electron chi connectivity index (χ3n) is 5.39. The van der Waals surface area contributed by atoms with Gasteiger partial charge in [-0.1, -0.05) is 41.6 Å². The number of benzene rings is 2. The molecule has 0 bridgehead atoms. The Morgan fingerprint density at radius 3 is 2.58 bits per heavy atom. The summed E-state index contributed by atoms with van der Waals surface area (Å²) in [6.45, 7) is 9.11. The maximum absolute atomic E-state index is 12.6. The van der Waals surface area contributed by atoms with E-state index in [2.05, 4.69) is 29.7 Å². The fourth-order valence-corrected chi connectivity index (χ4v) is 5.99. The normalized spacial score (nSPS) is 11.3. The highest BCUT2D eigenvalue weighted by Crippen LogP contribution is 2.35. The SMILES string of the molecule is COCCn1c(SCc2csc(N(C(C)=O)c3c(C)cc(C)cc3C)n2)nc2ccccc21. The van der Waals surface area contributed by atoms with Crippen molar-refractivity contribution in [2.45, 2.75) is 45.1 Å². The van der Waals surface area contributed by atoms with Crippen LogP contribution in [0.3, 0.4) is 0 Å². The van der Waals surface area contributed by atoms with Gasteiger partial charge >= 0.3 is 0 Å². The van der Waals surface area contributed by atoms with Crippen molar-refractivity contribution < 1.29 is 9.53 Å². The predicted octanol–water partition coefficient (Wildman–Crippen LogP) is 6.04. The van der Waals surface area contributed by atoms with E-state index in [1.165, 1.54) is 16.9 Å². The van der Waals surface area contributed by atoms with E-state index in [0.29, 0.717) is 17.5 Å². The zero-order chi connectivity index (χ0) is 23.5. The lowest BCUT2D eigenvalue weighted by Crippen LogP contribution is -2.24. The van der Waals surface area contributed by atoms with Gasteiger partial charge in [-0.2, -0.15) is 0 Å². The monoisotopic (exact) mass is 480 g/mol. The van der Waals surface area contributed by atoms with Gasteiger partial charge in [0.05, 0.1) is 29.0 Å². The summed E-state index contributed by atoms with van der Waals surface area (Å²) in [5, 5.41) is 3.66. The van der Waals surface area contributed by atoms with Gasteiger partial charge < -0.3 is 9.30 Å². The minimum absolute atomic E-state index is 0.0417. The first kappa shape index (κ1) is 23.5. The molecule has 172 valence electrons. The molecule has 0 spiro atoms. The Labute approximate surface area is 202 Å². The zero-order valence-corrected chi connectivity index (χ0v) is 21.2. The van der Waals surface area contributed by atoms with Crippen molar-refractivity contribution in [3.63, 3.8) is 0 Å². The second kappa shape index (κ2) is 10.1. The van der Waals surface area contributed by atoms with Crippen molar-refractivity contribution in [3.8, 4) is 0 Å². The molecule has 8 heteroatoms. The molecule has 4 aromatic rings. The third-order valence-corrected chi connectivity index (χ3v) is 7.28. The molecule has 0 unspecified atom stereocenters. The van der Waals surface area contributed by atoms with Crippen LogP contribution in [0.5, 0.6) is 0 Å². The van der Waals surface area contributed by atoms with Crippen molar-refractivity contribution in [2.24, 2.45) is 0 Å². The number of methoxy groups -OCH3 is 1. The van der Waals surface area contributed by atoms with Crippen LogP contribution in [-0.4, -0.2) is 34.2 Å². The number of para-hydroxylation sites is 2. The van der Waals surface area contributed by atoms with E-state index in [0.717, 1.165) is 45.2 Å². The first-order valence-corrected chi connectivity index (χ1v) is 12.7. The fraction of sp³-hybridized carbons (Fsp3) is 0.320. The molecule has 0 N–H and O–H groups in total. The Morgan fingerprint density at radius 2 is 1.88 bits per heavy atom. The lowest BCUT2D eigenvalue weighted by atomic mass is 10.0. The van der Waals surface area contributed by atoms with Crippen LogP contribution in [0.15, 0.2) is 46.9 Å². The summed E-state index contributed by atoms with van der Waals surface area (Å²) in [4.78, 5) is 24.0. The van der Waals surface area contributed by atoms with Gasteiger partial charge in [-0.05, 0) is 44.0 Å². The standard InChI is InChI=1S/C25H28N4O2S2/c1-16-12-17(2)23(18(3)13-16)29(19(4)30)25-26-20(15-33-25)14-32-24-27-21-8-6-7-9-22(21)28(24)10-11-31-5/h6-9,12-13,15H,10-11,14H2,1-5H3. The second-order valence-electron chi connectivity index (χ2n) is 8.04. The number of hydrogen-bond donors (Lipinski definition) is 0. The van der Waals surface area contributed by atoms with E-state index in [9.17, 15) is 4.79 Å². The Balaban J connectivity index is 1.59. The largest absolute Gasteiger partial charge is 0.383 e. The number of nitrogens with zero attached hydrogens (tertiary/aromatic N) is 4. The van der Waals surface area contributed by atoms with E-state index in [-0.39, 0.29) is 5.91 Å². The highest BCUT2D eigenvalue weighted by atomic mass is 32.2. The van der Waals surface area contributed by atoms with Gasteiger partial charge in [0.25, 0.3) is 0 Å². The van der Waals surface area contributed by atoms with Crippen LogP contribution in [-0.2, 0) is 21.8 Å². The van der Waals surface area contributed by atoms with E-state index in [1.54, 1.807) is 30.7 Å². The molecule has 2 heterocycles. The van der Waals surface area contributed by atoms with E-state index in [4.69, 9.17) is 14.7 Å². The number of rotatable bonds is 8. The molecule has 2 aromatic carbocycles. The van der Waals surface area contributed by atoms with Crippen LogP contribution < -0.4 is 4.90 Å². The van der Waals surface area contributed by atoms with E-state index in [1.807, 2.05) is 37.4 Å². The summed E-state index contributed by atoms with van der Waals surface area (Å²) in [5.74, 6) is 0.629. The molecule has 0 atom stereocenters. The Hall–Kier alpha value is -2.68. The van der Waals surface area contributed by atoms with Crippen molar-refractivity contribution in [3.05, 3.63) is 64.2 Å². The fourth-order valence-electron chi connectivity index (χ4n) is 4.08. The average Bonchev–Trinajstić information content (AvgIpc) is 3.37. The molecule has 0 aliphatic heterocycles. The van der Waals surface area contributed by atoms with Gasteiger partial charge in [0, 0.05) is 31.7 Å². The highest BCUT2D eigenvalue weighted by Gasteiger charge is 2.22. The van der Waals surface area contributed by atoms with Gasteiger partial charge in [0.1, 0.15) is 0 Å². The molecule has 0 radical (unpaired) electrons. The summed E-state index contributed by atoms with van der Waals surface area (Å²) in [6, 6.07) is 12.4. The highest BCUT2D eigenvalue weighted by molar-refractivity contribution is 7.98. The van der Waals surface area contributed by atoms with Crippen molar-refractivity contribution in [1.29, 1.82) is 0 Å². The van der Waals surface area contributed by atoms with Crippen molar-refractivity contribution in [2.75, 3.05) is 18.6 Å². The number of ether oxygens (including phenoxy) is 1. The summed E-state index contributed by atoms with van der Waals surface area (Å²) in [5.41, 5.74) is 7.25. The number of fused-ring (bicyclic) bond motifs is 1. The Bertz CT molecular complexity index is 1270. The number of imidazole rings is 1. The Kier molecular flexibility index (Phi) is 7.17. The Morgan fingerprint density at radius 1 is 1.15 bits per heavy atom. The molecule has 4 rings (SSSR count). The summed E-state index contributed by atoms with van der Waals surface area (Å²) < 4.78 is 7.49. The molecule has 0 saturated heterocycles. The predicted molar refractivity (Wildman–Crippen MR) is 137 cm³/mol.